The van der Waals surface area contributed by atoms with E-state index in [4.69, 9.17) is 0 Å². The number of likely N-dealkylation sites (N-methyl/N-ethyl adjacent to an activating group) is 1. The molecule has 5 heteroatoms. The Labute approximate surface area is 96.4 Å². The first-order chi connectivity index (χ1) is 7.00. The Bertz CT molecular complexity index is 319. The fourth-order valence-corrected chi connectivity index (χ4v) is 1.66. The molecule has 0 spiro atoms. The largest absolute Gasteiger partial charge is 0.380 e. The second kappa shape index (κ2) is 5.42. The van der Waals surface area contributed by atoms with Crippen molar-refractivity contribution in [2.75, 3.05) is 32.5 Å². The molecule has 1 N–H and O–H groups in total. The molecule has 0 saturated carbocycles. The summed E-state index contributed by atoms with van der Waals surface area (Å²) in [7, 11) is 3.86. The van der Waals surface area contributed by atoms with Crippen molar-refractivity contribution in [1.29, 1.82) is 0 Å². The molecule has 0 fully saturated rings. The van der Waals surface area contributed by atoms with E-state index < -0.39 is 11.6 Å². The van der Waals surface area contributed by atoms with Crippen molar-refractivity contribution in [3.8, 4) is 0 Å². The van der Waals surface area contributed by atoms with E-state index in [1.165, 1.54) is 6.07 Å². The lowest BCUT2D eigenvalue weighted by Crippen LogP contribution is -2.21. The molecule has 1 rings (SSSR count). The molecule has 0 radical (unpaired) electrons. The summed E-state index contributed by atoms with van der Waals surface area (Å²) in [5.41, 5.74) is 0.304. The summed E-state index contributed by atoms with van der Waals surface area (Å²) in [4.78, 5) is 1.97. The van der Waals surface area contributed by atoms with Crippen LogP contribution < -0.4 is 5.32 Å². The molecule has 0 aromatic heterocycles. The second-order valence-corrected chi connectivity index (χ2v) is 4.33. The van der Waals surface area contributed by atoms with Gasteiger partial charge >= 0.3 is 0 Å². The first-order valence-electron chi connectivity index (χ1n) is 4.54. The zero-order chi connectivity index (χ0) is 11.4. The maximum Gasteiger partial charge on any atom is 0.150 e. The lowest BCUT2D eigenvalue weighted by atomic mass is 10.3. The van der Waals surface area contributed by atoms with Crippen LogP contribution in [0, 0.1) is 11.6 Å². The van der Waals surface area contributed by atoms with Gasteiger partial charge in [-0.3, -0.25) is 0 Å². The molecule has 84 valence electrons. The van der Waals surface area contributed by atoms with Gasteiger partial charge in [-0.05, 0) is 36.1 Å². The van der Waals surface area contributed by atoms with Gasteiger partial charge in [-0.15, -0.1) is 0 Å². The Kier molecular flexibility index (Phi) is 4.47. The van der Waals surface area contributed by atoms with Crippen LogP contribution in [0.25, 0.3) is 0 Å². The van der Waals surface area contributed by atoms with E-state index in [0.717, 1.165) is 12.6 Å². The Morgan fingerprint density at radius 1 is 1.33 bits per heavy atom. The van der Waals surface area contributed by atoms with Gasteiger partial charge in [0.2, 0.25) is 0 Å². The van der Waals surface area contributed by atoms with Crippen LogP contribution in [-0.2, 0) is 0 Å². The highest BCUT2D eigenvalue weighted by atomic mass is 79.9. The van der Waals surface area contributed by atoms with Gasteiger partial charge < -0.3 is 10.2 Å². The summed E-state index contributed by atoms with van der Waals surface area (Å²) in [6.07, 6.45) is 0. The topological polar surface area (TPSA) is 15.3 Å². The zero-order valence-electron chi connectivity index (χ0n) is 8.65. The van der Waals surface area contributed by atoms with Crippen LogP contribution in [0.4, 0.5) is 14.5 Å². The average Bonchev–Trinajstić information content (AvgIpc) is 2.08. The number of nitrogens with one attached hydrogen (secondary N) is 1. The minimum absolute atomic E-state index is 0.304. The number of hydrogen-bond donors (Lipinski definition) is 1. The summed E-state index contributed by atoms with van der Waals surface area (Å²) in [5, 5.41) is 2.91. The number of anilines is 1. The number of halogens is 3. The lowest BCUT2D eigenvalue weighted by molar-refractivity contribution is 0.425. The second-order valence-electron chi connectivity index (χ2n) is 3.47. The third-order valence-electron chi connectivity index (χ3n) is 1.87. The summed E-state index contributed by atoms with van der Waals surface area (Å²) in [6, 6.07) is 2.10. The monoisotopic (exact) mass is 278 g/mol. The van der Waals surface area contributed by atoms with Gasteiger partial charge in [0, 0.05) is 23.6 Å². The Morgan fingerprint density at radius 2 is 2.00 bits per heavy atom. The molecule has 0 aliphatic rings. The van der Waals surface area contributed by atoms with E-state index in [1.54, 1.807) is 0 Å². The van der Waals surface area contributed by atoms with E-state index in [9.17, 15) is 8.78 Å². The van der Waals surface area contributed by atoms with E-state index in [2.05, 4.69) is 21.2 Å². The predicted octanol–water partition coefficient (Wildman–Crippen LogP) is 2.70. The molecule has 0 aliphatic heterocycles. The molecule has 0 saturated heterocycles. The fourth-order valence-electron chi connectivity index (χ4n) is 1.12. The maximum atomic E-state index is 13.3. The van der Waals surface area contributed by atoms with Crippen molar-refractivity contribution in [1.82, 2.24) is 4.90 Å². The van der Waals surface area contributed by atoms with E-state index in [0.29, 0.717) is 16.7 Å². The van der Waals surface area contributed by atoms with Crippen LogP contribution in [-0.4, -0.2) is 32.1 Å². The fraction of sp³-hybridized carbons (Fsp3) is 0.400. The maximum absolute atomic E-state index is 13.3. The third-order valence-corrected chi connectivity index (χ3v) is 2.49. The molecule has 0 unspecified atom stereocenters. The standard InChI is InChI=1S/C10H13BrF2N2/c1-15(2)4-3-14-10-8(11)5-7(12)6-9(10)13/h5-6,14H,3-4H2,1-2H3. The first kappa shape index (κ1) is 12.4. The number of benzene rings is 1. The lowest BCUT2D eigenvalue weighted by Gasteiger charge is -2.13. The molecule has 1 aromatic carbocycles. The van der Waals surface area contributed by atoms with Crippen LogP contribution >= 0.6 is 15.9 Å². The Balaban J connectivity index is 2.68. The van der Waals surface area contributed by atoms with Crippen LogP contribution in [0.2, 0.25) is 0 Å². The van der Waals surface area contributed by atoms with Crippen molar-refractivity contribution >= 4 is 21.6 Å². The van der Waals surface area contributed by atoms with Crippen LogP contribution in [0.1, 0.15) is 0 Å². The van der Waals surface area contributed by atoms with Gasteiger partial charge in [-0.2, -0.15) is 0 Å². The van der Waals surface area contributed by atoms with Gasteiger partial charge in [0.1, 0.15) is 11.6 Å². The minimum Gasteiger partial charge on any atom is -0.380 e. The molecule has 15 heavy (non-hydrogen) atoms. The van der Waals surface area contributed by atoms with E-state index in [1.807, 2.05) is 19.0 Å². The number of rotatable bonds is 4. The van der Waals surface area contributed by atoms with Gasteiger partial charge in [0.25, 0.3) is 0 Å². The highest BCUT2D eigenvalue weighted by Crippen LogP contribution is 2.26. The van der Waals surface area contributed by atoms with Gasteiger partial charge in [-0.1, -0.05) is 0 Å². The summed E-state index contributed by atoms with van der Waals surface area (Å²) >= 11 is 3.11. The minimum atomic E-state index is -0.586. The molecule has 0 atom stereocenters. The molecular weight excluding hydrogens is 266 g/mol. The van der Waals surface area contributed by atoms with Crippen LogP contribution in [0.15, 0.2) is 16.6 Å². The molecule has 0 bridgehead atoms. The van der Waals surface area contributed by atoms with Gasteiger partial charge in [0.05, 0.1) is 5.69 Å². The zero-order valence-corrected chi connectivity index (χ0v) is 10.2. The van der Waals surface area contributed by atoms with Crippen molar-refractivity contribution in [2.45, 2.75) is 0 Å². The summed E-state index contributed by atoms with van der Waals surface area (Å²) in [6.45, 7) is 1.39. The SMILES string of the molecule is CN(C)CCNc1c(F)cc(F)cc1Br. The highest BCUT2D eigenvalue weighted by molar-refractivity contribution is 9.10. The molecule has 2 nitrogen and oxygen atoms in total. The Morgan fingerprint density at radius 3 is 2.53 bits per heavy atom. The third kappa shape index (κ3) is 3.76. The first-order valence-corrected chi connectivity index (χ1v) is 5.33. The van der Waals surface area contributed by atoms with Crippen molar-refractivity contribution in [3.63, 3.8) is 0 Å². The molecule has 0 aliphatic carbocycles. The summed E-state index contributed by atoms with van der Waals surface area (Å²) < 4.78 is 26.4. The highest BCUT2D eigenvalue weighted by Gasteiger charge is 2.08. The summed E-state index contributed by atoms with van der Waals surface area (Å²) in [5.74, 6) is -1.17. The van der Waals surface area contributed by atoms with E-state index >= 15 is 0 Å². The van der Waals surface area contributed by atoms with Crippen LogP contribution in [0.3, 0.4) is 0 Å². The molecule has 1 aromatic rings. The van der Waals surface area contributed by atoms with Crippen molar-refractivity contribution < 1.29 is 8.78 Å². The quantitative estimate of drug-likeness (QED) is 0.911. The number of nitrogens with zero attached hydrogens (tertiary/aromatic N) is 1. The molecule has 0 heterocycles. The van der Waals surface area contributed by atoms with Crippen molar-refractivity contribution in [2.24, 2.45) is 0 Å². The number of hydrogen-bond acceptors (Lipinski definition) is 2. The Hall–Kier alpha value is -0.680. The smallest absolute Gasteiger partial charge is 0.150 e. The average molecular weight is 279 g/mol. The normalized spacial score (nSPS) is 10.8. The van der Waals surface area contributed by atoms with E-state index in [-0.39, 0.29) is 0 Å². The molecular formula is C10H13BrF2N2. The molecule has 0 amide bonds. The van der Waals surface area contributed by atoms with Gasteiger partial charge in [0.15, 0.2) is 0 Å². The van der Waals surface area contributed by atoms with Crippen molar-refractivity contribution in [3.05, 3.63) is 28.2 Å². The van der Waals surface area contributed by atoms with Crippen LogP contribution in [0.5, 0.6) is 0 Å². The van der Waals surface area contributed by atoms with Gasteiger partial charge in [-0.25, -0.2) is 8.78 Å². The predicted molar refractivity (Wildman–Crippen MR) is 61.1 cm³/mol.